The number of rotatable bonds is 7. The molecular weight excluding hydrogens is 306 g/mol. The van der Waals surface area contributed by atoms with Gasteiger partial charge in [0.1, 0.15) is 5.76 Å². The van der Waals surface area contributed by atoms with Crippen molar-refractivity contribution >= 4 is 15.9 Å². The van der Waals surface area contributed by atoms with Crippen molar-refractivity contribution in [2.24, 2.45) is 0 Å². The molecule has 0 amide bonds. The molecule has 0 aliphatic carbocycles. The van der Waals surface area contributed by atoms with E-state index in [1.54, 1.807) is 6.26 Å². The molecule has 2 aromatic rings. The van der Waals surface area contributed by atoms with Crippen molar-refractivity contribution in [3.63, 3.8) is 0 Å². The number of halogens is 1. The van der Waals surface area contributed by atoms with E-state index in [4.69, 9.17) is 9.15 Å². The molecule has 0 saturated heterocycles. The standard InChI is InChI=1S/C15H18BrNO2/c1-2-17-9-15-13(7-8-19-15)11-18-10-12-3-5-14(16)6-4-12/h3-8,17H,2,9-11H2,1H3. The third kappa shape index (κ3) is 4.49. The van der Waals surface area contributed by atoms with E-state index in [-0.39, 0.29) is 0 Å². The smallest absolute Gasteiger partial charge is 0.123 e. The number of furan rings is 1. The highest BCUT2D eigenvalue weighted by Gasteiger charge is 2.05. The normalized spacial score (nSPS) is 10.8. The van der Waals surface area contributed by atoms with Crippen LogP contribution in [0.25, 0.3) is 0 Å². The van der Waals surface area contributed by atoms with Gasteiger partial charge in [-0.05, 0) is 30.3 Å². The Kier molecular flexibility index (Phi) is 5.63. The molecule has 0 aliphatic heterocycles. The zero-order valence-electron chi connectivity index (χ0n) is 11.0. The predicted octanol–water partition coefficient (Wildman–Crippen LogP) is 3.87. The van der Waals surface area contributed by atoms with Gasteiger partial charge in [0.15, 0.2) is 0 Å². The van der Waals surface area contributed by atoms with E-state index in [0.29, 0.717) is 13.2 Å². The molecule has 0 fully saturated rings. The third-order valence-corrected chi connectivity index (χ3v) is 3.34. The lowest BCUT2D eigenvalue weighted by Gasteiger charge is -2.05. The van der Waals surface area contributed by atoms with Crippen LogP contribution in [0.15, 0.2) is 45.5 Å². The second-order valence-electron chi connectivity index (χ2n) is 4.27. The zero-order chi connectivity index (χ0) is 13.5. The maximum Gasteiger partial charge on any atom is 0.123 e. The Balaban J connectivity index is 1.82. The number of benzene rings is 1. The van der Waals surface area contributed by atoms with Crippen molar-refractivity contribution in [3.8, 4) is 0 Å². The van der Waals surface area contributed by atoms with Crippen LogP contribution in [-0.4, -0.2) is 6.54 Å². The van der Waals surface area contributed by atoms with Gasteiger partial charge in [-0.3, -0.25) is 0 Å². The fourth-order valence-corrected chi connectivity index (χ4v) is 2.01. The number of hydrogen-bond acceptors (Lipinski definition) is 3. The van der Waals surface area contributed by atoms with Gasteiger partial charge in [-0.25, -0.2) is 0 Å². The first-order chi connectivity index (χ1) is 9.29. The average molecular weight is 324 g/mol. The van der Waals surface area contributed by atoms with E-state index < -0.39 is 0 Å². The minimum atomic E-state index is 0.577. The molecule has 19 heavy (non-hydrogen) atoms. The Morgan fingerprint density at radius 3 is 2.68 bits per heavy atom. The Bertz CT molecular complexity index is 493. The summed E-state index contributed by atoms with van der Waals surface area (Å²) in [5, 5.41) is 3.25. The van der Waals surface area contributed by atoms with Gasteiger partial charge in [0.2, 0.25) is 0 Å². The highest BCUT2D eigenvalue weighted by atomic mass is 79.9. The van der Waals surface area contributed by atoms with E-state index in [2.05, 4.69) is 40.3 Å². The maximum absolute atomic E-state index is 5.72. The van der Waals surface area contributed by atoms with Crippen molar-refractivity contribution in [3.05, 3.63) is 58.0 Å². The number of nitrogens with one attached hydrogen (secondary N) is 1. The molecule has 3 nitrogen and oxygen atoms in total. The van der Waals surface area contributed by atoms with Gasteiger partial charge in [-0.1, -0.05) is 35.0 Å². The van der Waals surface area contributed by atoms with E-state index in [1.165, 1.54) is 5.56 Å². The van der Waals surface area contributed by atoms with Crippen molar-refractivity contribution in [2.45, 2.75) is 26.7 Å². The molecule has 2 rings (SSSR count). The monoisotopic (exact) mass is 323 g/mol. The molecule has 0 atom stereocenters. The minimum Gasteiger partial charge on any atom is -0.468 e. The first kappa shape index (κ1) is 14.3. The molecule has 0 radical (unpaired) electrons. The second-order valence-corrected chi connectivity index (χ2v) is 5.18. The lowest BCUT2D eigenvalue weighted by Crippen LogP contribution is -2.12. The van der Waals surface area contributed by atoms with E-state index in [1.807, 2.05) is 18.2 Å². The molecule has 1 N–H and O–H groups in total. The molecule has 1 aromatic carbocycles. The molecule has 0 unspecified atom stereocenters. The fourth-order valence-electron chi connectivity index (χ4n) is 1.75. The van der Waals surface area contributed by atoms with Crippen molar-refractivity contribution < 1.29 is 9.15 Å². The van der Waals surface area contributed by atoms with Gasteiger partial charge in [0, 0.05) is 10.0 Å². The molecule has 0 spiro atoms. The van der Waals surface area contributed by atoms with Crippen LogP contribution < -0.4 is 5.32 Å². The molecule has 0 aliphatic rings. The lowest BCUT2D eigenvalue weighted by molar-refractivity contribution is 0.106. The topological polar surface area (TPSA) is 34.4 Å². The largest absolute Gasteiger partial charge is 0.468 e. The van der Waals surface area contributed by atoms with Crippen molar-refractivity contribution in [1.82, 2.24) is 5.32 Å². The summed E-state index contributed by atoms with van der Waals surface area (Å²) in [7, 11) is 0. The molecule has 4 heteroatoms. The van der Waals surface area contributed by atoms with Gasteiger partial charge >= 0.3 is 0 Å². The fraction of sp³-hybridized carbons (Fsp3) is 0.333. The van der Waals surface area contributed by atoms with Crippen molar-refractivity contribution in [2.75, 3.05) is 6.54 Å². The molecular formula is C15H18BrNO2. The lowest BCUT2D eigenvalue weighted by atomic mass is 10.2. The summed E-state index contributed by atoms with van der Waals surface area (Å²) >= 11 is 3.42. The van der Waals surface area contributed by atoms with Crippen LogP contribution in [0.2, 0.25) is 0 Å². The third-order valence-electron chi connectivity index (χ3n) is 2.81. The molecule has 1 aromatic heterocycles. The van der Waals surface area contributed by atoms with Crippen LogP contribution in [0, 0.1) is 0 Å². The average Bonchev–Trinajstić information content (AvgIpc) is 2.86. The quantitative estimate of drug-likeness (QED) is 0.840. The number of ether oxygens (including phenoxy) is 1. The summed E-state index contributed by atoms with van der Waals surface area (Å²) in [5.41, 5.74) is 2.28. The summed E-state index contributed by atoms with van der Waals surface area (Å²) in [4.78, 5) is 0. The zero-order valence-corrected chi connectivity index (χ0v) is 12.6. The van der Waals surface area contributed by atoms with Gasteiger partial charge < -0.3 is 14.5 Å². The maximum atomic E-state index is 5.72. The molecule has 1 heterocycles. The Morgan fingerprint density at radius 1 is 1.16 bits per heavy atom. The first-order valence-electron chi connectivity index (χ1n) is 6.37. The number of hydrogen-bond donors (Lipinski definition) is 1. The minimum absolute atomic E-state index is 0.577. The predicted molar refractivity (Wildman–Crippen MR) is 78.7 cm³/mol. The summed E-state index contributed by atoms with van der Waals surface area (Å²) in [6.07, 6.45) is 1.71. The van der Waals surface area contributed by atoms with Crippen LogP contribution in [0.4, 0.5) is 0 Å². The molecule has 0 saturated carbocycles. The van der Waals surface area contributed by atoms with Crippen molar-refractivity contribution in [1.29, 1.82) is 0 Å². The summed E-state index contributed by atoms with van der Waals surface area (Å²) in [6.45, 7) is 4.94. The van der Waals surface area contributed by atoms with E-state index >= 15 is 0 Å². The Labute approximate surface area is 122 Å². The van der Waals surface area contributed by atoms with Gasteiger partial charge in [-0.15, -0.1) is 0 Å². The second kappa shape index (κ2) is 7.48. The molecule has 0 bridgehead atoms. The first-order valence-corrected chi connectivity index (χ1v) is 7.17. The Hall–Kier alpha value is -1.10. The molecule has 102 valence electrons. The van der Waals surface area contributed by atoms with Crippen LogP contribution in [-0.2, 0) is 24.5 Å². The summed E-state index contributed by atoms with van der Waals surface area (Å²) in [5.74, 6) is 0.956. The van der Waals surface area contributed by atoms with Crippen LogP contribution in [0.3, 0.4) is 0 Å². The van der Waals surface area contributed by atoms with E-state index in [0.717, 1.165) is 28.9 Å². The van der Waals surface area contributed by atoms with Crippen LogP contribution in [0.5, 0.6) is 0 Å². The SMILES string of the molecule is CCNCc1occc1COCc1ccc(Br)cc1. The van der Waals surface area contributed by atoms with Gasteiger partial charge in [0.05, 0.1) is 26.0 Å². The van der Waals surface area contributed by atoms with Gasteiger partial charge in [0.25, 0.3) is 0 Å². The highest BCUT2D eigenvalue weighted by Crippen LogP contribution is 2.14. The summed E-state index contributed by atoms with van der Waals surface area (Å²) in [6, 6.07) is 10.1. The van der Waals surface area contributed by atoms with Crippen LogP contribution >= 0.6 is 15.9 Å². The van der Waals surface area contributed by atoms with Crippen LogP contribution in [0.1, 0.15) is 23.8 Å². The van der Waals surface area contributed by atoms with Gasteiger partial charge in [-0.2, -0.15) is 0 Å². The highest BCUT2D eigenvalue weighted by molar-refractivity contribution is 9.10. The summed E-state index contributed by atoms with van der Waals surface area (Å²) < 4.78 is 12.2. The Morgan fingerprint density at radius 2 is 1.95 bits per heavy atom. The van der Waals surface area contributed by atoms with E-state index in [9.17, 15) is 0 Å².